The highest BCUT2D eigenvalue weighted by atomic mass is 16.2. The normalized spacial score (nSPS) is 16.6. The van der Waals surface area contributed by atoms with Gasteiger partial charge in [0.1, 0.15) is 5.69 Å². The summed E-state index contributed by atoms with van der Waals surface area (Å²) in [6, 6.07) is 20.8. The summed E-state index contributed by atoms with van der Waals surface area (Å²) in [6.07, 6.45) is 4.44. The lowest BCUT2D eigenvalue weighted by molar-refractivity contribution is 0.0649. The van der Waals surface area contributed by atoms with Crippen LogP contribution in [0.15, 0.2) is 66.9 Å². The molecule has 2 fully saturated rings. The van der Waals surface area contributed by atoms with Gasteiger partial charge < -0.3 is 10.2 Å². The first-order valence-electron chi connectivity index (χ1n) is 14.3. The summed E-state index contributed by atoms with van der Waals surface area (Å²) >= 11 is 0. The molecule has 0 atom stereocenters. The third-order valence-electron chi connectivity index (χ3n) is 8.14. The number of piperidine rings is 2. The van der Waals surface area contributed by atoms with Crippen LogP contribution >= 0.6 is 0 Å². The number of ketones is 1. The molecule has 2 amide bonds. The van der Waals surface area contributed by atoms with E-state index in [1.165, 1.54) is 11.8 Å². The average Bonchev–Trinajstić information content (AvgIpc) is 3.02. The molecule has 2 aliphatic heterocycles. The van der Waals surface area contributed by atoms with Crippen molar-refractivity contribution >= 4 is 17.6 Å². The van der Waals surface area contributed by atoms with E-state index < -0.39 is 0 Å². The van der Waals surface area contributed by atoms with E-state index >= 15 is 0 Å². The van der Waals surface area contributed by atoms with Gasteiger partial charge in [0.2, 0.25) is 0 Å². The van der Waals surface area contributed by atoms with Gasteiger partial charge in [-0.2, -0.15) is 5.26 Å². The van der Waals surface area contributed by atoms with Crippen molar-refractivity contribution in [1.82, 2.24) is 20.1 Å². The molecule has 8 heteroatoms. The van der Waals surface area contributed by atoms with Crippen LogP contribution in [0, 0.1) is 24.2 Å². The van der Waals surface area contributed by atoms with Gasteiger partial charge in [0.15, 0.2) is 5.78 Å². The monoisotopic (exact) mass is 549 g/mol. The van der Waals surface area contributed by atoms with Crippen molar-refractivity contribution in [3.05, 3.63) is 100 Å². The van der Waals surface area contributed by atoms with Crippen LogP contribution in [0.5, 0.6) is 0 Å². The highest BCUT2D eigenvalue weighted by Gasteiger charge is 2.29. The number of benzene rings is 2. The fraction of sp³-hybridized carbons (Fsp3) is 0.364. The standard InChI is InChI=1S/C33H35N5O3/c1-23-2-8-26(9-3-23)31(39)27-12-18-38(19-13-27)33(41)28-10-11-30(35-21-28)32(40)36-29-14-16-37(17-15-29)22-25-6-4-24(20-34)5-7-25/h2-11,21,27,29H,12-19,22H2,1H3,(H,36,40). The lowest BCUT2D eigenvalue weighted by Gasteiger charge is -2.32. The molecule has 0 aliphatic carbocycles. The molecule has 8 nitrogen and oxygen atoms in total. The van der Waals surface area contributed by atoms with Gasteiger partial charge in [0, 0.05) is 56.4 Å². The van der Waals surface area contributed by atoms with Crippen LogP contribution in [-0.2, 0) is 6.54 Å². The van der Waals surface area contributed by atoms with Crippen molar-refractivity contribution in [2.24, 2.45) is 5.92 Å². The van der Waals surface area contributed by atoms with Gasteiger partial charge in [-0.3, -0.25) is 24.3 Å². The SMILES string of the molecule is Cc1ccc(C(=O)C2CCN(C(=O)c3ccc(C(=O)NC4CCN(Cc5ccc(C#N)cc5)CC4)nc3)CC2)cc1. The number of carbonyl (C=O) groups is 3. The van der Waals surface area contributed by atoms with Crippen molar-refractivity contribution in [3.8, 4) is 6.07 Å². The lowest BCUT2D eigenvalue weighted by atomic mass is 9.88. The fourth-order valence-electron chi connectivity index (χ4n) is 5.57. The molecule has 41 heavy (non-hydrogen) atoms. The van der Waals surface area contributed by atoms with E-state index in [1.54, 1.807) is 17.0 Å². The molecule has 0 saturated carbocycles. The van der Waals surface area contributed by atoms with Gasteiger partial charge in [-0.1, -0.05) is 42.0 Å². The molecule has 1 N–H and O–H groups in total. The maximum Gasteiger partial charge on any atom is 0.270 e. The van der Waals surface area contributed by atoms with Crippen LogP contribution in [0.25, 0.3) is 0 Å². The predicted molar refractivity (Wildman–Crippen MR) is 155 cm³/mol. The van der Waals surface area contributed by atoms with Crippen LogP contribution in [-0.4, -0.2) is 64.6 Å². The highest BCUT2D eigenvalue weighted by molar-refractivity contribution is 5.99. The van der Waals surface area contributed by atoms with Crippen LogP contribution in [0.3, 0.4) is 0 Å². The Morgan fingerprint density at radius 1 is 0.878 bits per heavy atom. The zero-order valence-electron chi connectivity index (χ0n) is 23.4. The van der Waals surface area contributed by atoms with Gasteiger partial charge in [-0.05, 0) is 62.4 Å². The minimum Gasteiger partial charge on any atom is -0.348 e. The first-order chi connectivity index (χ1) is 19.9. The molecular formula is C33H35N5O3. The summed E-state index contributed by atoms with van der Waals surface area (Å²) in [5.74, 6) is -0.287. The Morgan fingerprint density at radius 3 is 2.15 bits per heavy atom. The number of rotatable bonds is 7. The molecule has 2 saturated heterocycles. The number of hydrogen-bond donors (Lipinski definition) is 1. The minimum absolute atomic E-state index is 0.0752. The van der Waals surface area contributed by atoms with Gasteiger partial charge >= 0.3 is 0 Å². The number of amides is 2. The Hall–Kier alpha value is -4.35. The quantitative estimate of drug-likeness (QED) is 0.438. The Bertz CT molecular complexity index is 1410. The number of carbonyl (C=O) groups excluding carboxylic acids is 3. The molecule has 0 radical (unpaired) electrons. The number of likely N-dealkylation sites (tertiary alicyclic amines) is 2. The number of nitrogens with one attached hydrogen (secondary N) is 1. The number of hydrogen-bond acceptors (Lipinski definition) is 6. The second kappa shape index (κ2) is 12.9. The number of nitriles is 1. The van der Waals surface area contributed by atoms with E-state index in [4.69, 9.17) is 5.26 Å². The van der Waals surface area contributed by atoms with E-state index in [2.05, 4.69) is 21.3 Å². The number of Topliss-reactive ketones (excluding diaryl/α,β-unsaturated/α-hetero) is 1. The van der Waals surface area contributed by atoms with E-state index in [0.717, 1.165) is 43.6 Å². The molecule has 1 aromatic heterocycles. The number of aromatic nitrogens is 1. The molecule has 2 aromatic carbocycles. The lowest BCUT2D eigenvalue weighted by Crippen LogP contribution is -2.44. The Kier molecular flexibility index (Phi) is 8.85. The van der Waals surface area contributed by atoms with Crippen LogP contribution in [0.1, 0.15) is 73.6 Å². The smallest absolute Gasteiger partial charge is 0.270 e. The molecule has 0 bridgehead atoms. The summed E-state index contributed by atoms with van der Waals surface area (Å²) in [7, 11) is 0. The highest BCUT2D eigenvalue weighted by Crippen LogP contribution is 2.23. The summed E-state index contributed by atoms with van der Waals surface area (Å²) in [6.45, 7) is 5.61. The number of nitrogens with zero attached hydrogens (tertiary/aromatic N) is 4. The van der Waals surface area contributed by atoms with Crippen LogP contribution in [0.4, 0.5) is 0 Å². The minimum atomic E-state index is -0.232. The molecule has 0 unspecified atom stereocenters. The molecule has 3 aromatic rings. The molecular weight excluding hydrogens is 514 g/mol. The Balaban J connectivity index is 1.07. The first kappa shape index (κ1) is 28.2. The number of aryl methyl sites for hydroxylation is 1. The molecule has 210 valence electrons. The van der Waals surface area contributed by atoms with Gasteiger partial charge in [0.05, 0.1) is 17.2 Å². The van der Waals surface area contributed by atoms with Crippen molar-refractivity contribution in [2.75, 3.05) is 26.2 Å². The van der Waals surface area contributed by atoms with Crippen molar-refractivity contribution in [2.45, 2.75) is 45.2 Å². The summed E-state index contributed by atoms with van der Waals surface area (Å²) < 4.78 is 0. The van der Waals surface area contributed by atoms with Crippen LogP contribution < -0.4 is 5.32 Å². The van der Waals surface area contributed by atoms with Crippen molar-refractivity contribution in [1.29, 1.82) is 5.26 Å². The van der Waals surface area contributed by atoms with Gasteiger partial charge in [-0.15, -0.1) is 0 Å². The predicted octanol–water partition coefficient (Wildman–Crippen LogP) is 4.39. The summed E-state index contributed by atoms with van der Waals surface area (Å²) in [5, 5.41) is 12.0. The van der Waals surface area contributed by atoms with Gasteiger partial charge in [0.25, 0.3) is 11.8 Å². The zero-order chi connectivity index (χ0) is 28.8. The molecule has 0 spiro atoms. The zero-order valence-corrected chi connectivity index (χ0v) is 23.4. The fourth-order valence-corrected chi connectivity index (χ4v) is 5.57. The maximum absolute atomic E-state index is 13.1. The molecule has 3 heterocycles. The van der Waals surface area contributed by atoms with Crippen molar-refractivity contribution in [3.63, 3.8) is 0 Å². The third kappa shape index (κ3) is 7.05. The Labute approximate surface area is 241 Å². The second-order valence-electron chi connectivity index (χ2n) is 11.1. The van der Waals surface area contributed by atoms with Gasteiger partial charge in [-0.25, -0.2) is 0 Å². The largest absolute Gasteiger partial charge is 0.348 e. The average molecular weight is 550 g/mol. The Morgan fingerprint density at radius 2 is 1.54 bits per heavy atom. The maximum atomic E-state index is 13.1. The van der Waals surface area contributed by atoms with Crippen LogP contribution in [0.2, 0.25) is 0 Å². The van der Waals surface area contributed by atoms with E-state index in [-0.39, 0.29) is 29.6 Å². The first-order valence-corrected chi connectivity index (χ1v) is 14.3. The van der Waals surface area contributed by atoms with E-state index in [1.807, 2.05) is 55.5 Å². The summed E-state index contributed by atoms with van der Waals surface area (Å²) in [5.41, 5.74) is 4.42. The molecule has 2 aliphatic rings. The molecule has 5 rings (SSSR count). The van der Waals surface area contributed by atoms with E-state index in [9.17, 15) is 14.4 Å². The van der Waals surface area contributed by atoms with E-state index in [0.29, 0.717) is 42.8 Å². The number of pyridine rings is 1. The van der Waals surface area contributed by atoms with Crippen molar-refractivity contribution < 1.29 is 14.4 Å². The summed E-state index contributed by atoms with van der Waals surface area (Å²) in [4.78, 5) is 47.1. The topological polar surface area (TPSA) is 106 Å². The second-order valence-corrected chi connectivity index (χ2v) is 11.1. The third-order valence-corrected chi connectivity index (χ3v) is 8.14.